The summed E-state index contributed by atoms with van der Waals surface area (Å²) in [4.78, 5) is 14.0. The molecule has 1 aromatic rings. The highest BCUT2D eigenvalue weighted by Crippen LogP contribution is 2.21. The fourth-order valence-electron chi connectivity index (χ4n) is 2.33. The summed E-state index contributed by atoms with van der Waals surface area (Å²) in [6.07, 6.45) is 2.89. The molecule has 1 unspecified atom stereocenters. The molecule has 1 saturated heterocycles. The van der Waals surface area contributed by atoms with E-state index in [9.17, 15) is 9.18 Å². The van der Waals surface area contributed by atoms with E-state index < -0.39 is 5.82 Å². The molecular formula is C13H16ClFN2O. The van der Waals surface area contributed by atoms with Crippen LogP contribution in [0.2, 0.25) is 5.02 Å². The third-order valence-corrected chi connectivity index (χ3v) is 3.56. The molecule has 2 N–H and O–H groups in total. The van der Waals surface area contributed by atoms with Gasteiger partial charge in [0.1, 0.15) is 5.82 Å². The van der Waals surface area contributed by atoms with Crippen LogP contribution in [0.4, 0.5) is 4.39 Å². The predicted molar refractivity (Wildman–Crippen MR) is 69.1 cm³/mol. The molecule has 3 nitrogen and oxygen atoms in total. The number of rotatable bonds is 2. The molecule has 1 fully saturated rings. The zero-order chi connectivity index (χ0) is 13.1. The van der Waals surface area contributed by atoms with Gasteiger partial charge in [0, 0.05) is 24.2 Å². The lowest BCUT2D eigenvalue weighted by molar-refractivity contribution is 0.0618. The summed E-state index contributed by atoms with van der Waals surface area (Å²) in [5, 5.41) is 0.290. The molecule has 0 aromatic heterocycles. The Morgan fingerprint density at radius 3 is 2.94 bits per heavy atom. The Morgan fingerprint density at radius 2 is 2.28 bits per heavy atom. The van der Waals surface area contributed by atoms with E-state index in [0.29, 0.717) is 13.1 Å². The topological polar surface area (TPSA) is 46.3 Å². The lowest BCUT2D eigenvalue weighted by Gasteiger charge is -2.35. The van der Waals surface area contributed by atoms with Crippen molar-refractivity contribution in [1.29, 1.82) is 0 Å². The van der Waals surface area contributed by atoms with Crippen LogP contribution in [0.3, 0.4) is 0 Å². The first kappa shape index (κ1) is 13.3. The standard InChI is InChI=1S/C13H16ClFN2O/c14-9-4-5-11(12(15)7-9)13(18)17-6-2-1-3-10(17)8-16/h4-5,7,10H,1-3,6,8,16H2. The minimum Gasteiger partial charge on any atom is -0.334 e. The summed E-state index contributed by atoms with van der Waals surface area (Å²) < 4.78 is 13.7. The van der Waals surface area contributed by atoms with Crippen molar-refractivity contribution in [3.05, 3.63) is 34.6 Å². The fraction of sp³-hybridized carbons (Fsp3) is 0.462. The fourth-order valence-corrected chi connectivity index (χ4v) is 2.49. The summed E-state index contributed by atoms with van der Waals surface area (Å²) in [5.41, 5.74) is 5.73. The maximum absolute atomic E-state index is 13.7. The van der Waals surface area contributed by atoms with Crippen LogP contribution < -0.4 is 5.73 Å². The third kappa shape index (κ3) is 2.65. The van der Waals surface area contributed by atoms with Crippen molar-refractivity contribution in [2.45, 2.75) is 25.3 Å². The number of nitrogens with two attached hydrogens (primary N) is 1. The highest BCUT2D eigenvalue weighted by molar-refractivity contribution is 6.30. The number of hydrogen-bond acceptors (Lipinski definition) is 2. The molecule has 1 aliphatic rings. The largest absolute Gasteiger partial charge is 0.334 e. The highest BCUT2D eigenvalue weighted by Gasteiger charge is 2.27. The van der Waals surface area contributed by atoms with Crippen molar-refractivity contribution in [3.8, 4) is 0 Å². The minimum absolute atomic E-state index is 0.0151. The molecule has 0 radical (unpaired) electrons. The number of piperidine rings is 1. The lowest BCUT2D eigenvalue weighted by Crippen LogP contribution is -2.47. The van der Waals surface area contributed by atoms with Gasteiger partial charge in [0.2, 0.25) is 0 Å². The Kier molecular flexibility index (Phi) is 4.19. The van der Waals surface area contributed by atoms with E-state index in [2.05, 4.69) is 0 Å². The van der Waals surface area contributed by atoms with Crippen LogP contribution in [0.1, 0.15) is 29.6 Å². The first-order valence-corrected chi connectivity index (χ1v) is 6.47. The number of benzene rings is 1. The maximum atomic E-state index is 13.7. The van der Waals surface area contributed by atoms with Crippen molar-refractivity contribution in [1.82, 2.24) is 4.90 Å². The molecule has 1 heterocycles. The molecule has 0 bridgehead atoms. The molecule has 0 spiro atoms. The van der Waals surface area contributed by atoms with Gasteiger partial charge in [-0.3, -0.25) is 4.79 Å². The van der Waals surface area contributed by atoms with E-state index in [0.717, 1.165) is 25.3 Å². The average molecular weight is 271 g/mol. The monoisotopic (exact) mass is 270 g/mol. The van der Waals surface area contributed by atoms with Crippen molar-refractivity contribution in [3.63, 3.8) is 0 Å². The third-order valence-electron chi connectivity index (χ3n) is 3.32. The molecule has 0 saturated carbocycles. The van der Waals surface area contributed by atoms with Gasteiger partial charge in [-0.2, -0.15) is 0 Å². The molecule has 1 atom stereocenters. The van der Waals surface area contributed by atoms with Gasteiger partial charge in [-0.05, 0) is 37.5 Å². The van der Waals surface area contributed by atoms with Gasteiger partial charge in [-0.15, -0.1) is 0 Å². The van der Waals surface area contributed by atoms with Crippen LogP contribution in [0.5, 0.6) is 0 Å². The molecule has 1 aromatic carbocycles. The molecule has 5 heteroatoms. The maximum Gasteiger partial charge on any atom is 0.257 e. The average Bonchev–Trinajstić information content (AvgIpc) is 2.38. The van der Waals surface area contributed by atoms with Crippen molar-refractivity contribution in [2.75, 3.05) is 13.1 Å². The van der Waals surface area contributed by atoms with Gasteiger partial charge in [-0.1, -0.05) is 11.6 Å². The summed E-state index contributed by atoms with van der Waals surface area (Å²) >= 11 is 5.68. The second-order valence-corrected chi connectivity index (χ2v) is 4.94. The van der Waals surface area contributed by atoms with Crippen molar-refractivity contribution >= 4 is 17.5 Å². The second-order valence-electron chi connectivity index (χ2n) is 4.51. The van der Waals surface area contributed by atoms with Crippen LogP contribution in [0.15, 0.2) is 18.2 Å². The van der Waals surface area contributed by atoms with Crippen LogP contribution in [0, 0.1) is 5.82 Å². The molecule has 98 valence electrons. The molecule has 1 amide bonds. The van der Waals surface area contributed by atoms with Crippen molar-refractivity contribution in [2.24, 2.45) is 5.73 Å². The van der Waals surface area contributed by atoms with Gasteiger partial charge >= 0.3 is 0 Å². The zero-order valence-corrected chi connectivity index (χ0v) is 10.8. The highest BCUT2D eigenvalue weighted by atomic mass is 35.5. The predicted octanol–water partition coefficient (Wildman–Crippen LogP) is 2.43. The van der Waals surface area contributed by atoms with E-state index >= 15 is 0 Å². The van der Waals surface area contributed by atoms with Gasteiger partial charge in [0.15, 0.2) is 0 Å². The van der Waals surface area contributed by atoms with Gasteiger partial charge in [-0.25, -0.2) is 4.39 Å². The van der Waals surface area contributed by atoms with E-state index in [4.69, 9.17) is 17.3 Å². The van der Waals surface area contributed by atoms with E-state index in [1.54, 1.807) is 4.90 Å². The summed E-state index contributed by atoms with van der Waals surface area (Å²) in [7, 11) is 0. The first-order valence-electron chi connectivity index (χ1n) is 6.09. The number of carbonyl (C=O) groups excluding carboxylic acids is 1. The van der Waals surface area contributed by atoms with E-state index in [1.807, 2.05) is 0 Å². The molecule has 2 rings (SSSR count). The molecule has 1 aliphatic heterocycles. The van der Waals surface area contributed by atoms with Crippen molar-refractivity contribution < 1.29 is 9.18 Å². The Balaban J connectivity index is 2.24. The smallest absolute Gasteiger partial charge is 0.257 e. The summed E-state index contributed by atoms with van der Waals surface area (Å²) in [6, 6.07) is 4.14. The number of likely N-dealkylation sites (tertiary alicyclic amines) is 1. The summed E-state index contributed by atoms with van der Waals surface area (Å²) in [6.45, 7) is 1.06. The Hall–Kier alpha value is -1.13. The number of carbonyl (C=O) groups is 1. The van der Waals surface area contributed by atoms with Crippen LogP contribution in [-0.4, -0.2) is 29.9 Å². The molecule has 0 aliphatic carbocycles. The first-order chi connectivity index (χ1) is 8.63. The van der Waals surface area contributed by atoms with E-state index in [1.165, 1.54) is 12.1 Å². The van der Waals surface area contributed by atoms with Crippen LogP contribution in [0.25, 0.3) is 0 Å². The molecule has 18 heavy (non-hydrogen) atoms. The minimum atomic E-state index is -0.575. The number of nitrogens with zero attached hydrogens (tertiary/aromatic N) is 1. The van der Waals surface area contributed by atoms with Crippen LogP contribution in [-0.2, 0) is 0 Å². The Morgan fingerprint density at radius 1 is 1.50 bits per heavy atom. The number of amides is 1. The SMILES string of the molecule is NCC1CCCCN1C(=O)c1ccc(Cl)cc1F. The van der Waals surface area contributed by atoms with Gasteiger partial charge in [0.05, 0.1) is 5.56 Å². The molecular weight excluding hydrogens is 255 g/mol. The number of halogens is 2. The normalized spacial score (nSPS) is 19.9. The lowest BCUT2D eigenvalue weighted by atomic mass is 10.0. The van der Waals surface area contributed by atoms with Gasteiger partial charge in [0.25, 0.3) is 5.91 Å². The number of hydrogen-bond donors (Lipinski definition) is 1. The quantitative estimate of drug-likeness (QED) is 0.897. The summed E-state index contributed by atoms with van der Waals surface area (Å²) in [5.74, 6) is -0.867. The van der Waals surface area contributed by atoms with Gasteiger partial charge < -0.3 is 10.6 Å². The Labute approximate surface area is 111 Å². The Bertz CT molecular complexity index is 453. The van der Waals surface area contributed by atoms with Crippen LogP contribution >= 0.6 is 11.6 Å². The second kappa shape index (κ2) is 5.67. The van der Waals surface area contributed by atoms with E-state index in [-0.39, 0.29) is 22.5 Å². The zero-order valence-electron chi connectivity index (χ0n) is 10.0.